The molecule has 0 aliphatic rings. The van der Waals surface area contributed by atoms with E-state index in [1.54, 1.807) is 41.3 Å². The number of benzene rings is 1. The van der Waals surface area contributed by atoms with Gasteiger partial charge in [0.25, 0.3) is 0 Å². The van der Waals surface area contributed by atoms with Crippen molar-refractivity contribution in [2.75, 3.05) is 5.32 Å². The first-order chi connectivity index (χ1) is 11.7. The summed E-state index contributed by atoms with van der Waals surface area (Å²) in [5, 5.41) is 14.0. The molecule has 0 aliphatic heterocycles. The van der Waals surface area contributed by atoms with Crippen molar-refractivity contribution in [1.82, 2.24) is 20.3 Å². The molecule has 0 saturated carbocycles. The van der Waals surface area contributed by atoms with E-state index in [-0.39, 0.29) is 12.6 Å². The highest BCUT2D eigenvalue weighted by molar-refractivity contribution is 6.33. The van der Waals surface area contributed by atoms with Crippen molar-refractivity contribution in [2.24, 2.45) is 0 Å². The van der Waals surface area contributed by atoms with E-state index in [0.29, 0.717) is 22.2 Å². The second-order valence-corrected chi connectivity index (χ2v) is 5.44. The molecule has 2 N–H and O–H groups in total. The van der Waals surface area contributed by atoms with E-state index < -0.39 is 0 Å². The third kappa shape index (κ3) is 3.57. The second kappa shape index (κ2) is 7.18. The molecule has 0 fully saturated rings. The lowest BCUT2D eigenvalue weighted by molar-refractivity contribution is 0.250. The third-order valence-electron chi connectivity index (χ3n) is 3.36. The first-order valence-corrected chi connectivity index (χ1v) is 7.83. The molecule has 2 amide bonds. The average Bonchev–Trinajstić information content (AvgIpc) is 3.24. The molecule has 0 spiro atoms. The van der Waals surface area contributed by atoms with Crippen LogP contribution < -0.4 is 10.6 Å². The van der Waals surface area contributed by atoms with Crippen LogP contribution in [-0.2, 0) is 13.0 Å². The Morgan fingerprint density at radius 3 is 2.96 bits per heavy atom. The van der Waals surface area contributed by atoms with Gasteiger partial charge in [0, 0.05) is 18.5 Å². The van der Waals surface area contributed by atoms with Gasteiger partial charge in [0.2, 0.25) is 0 Å². The molecule has 0 radical (unpaired) electrons. The molecule has 0 unspecified atom stereocenters. The topological polar surface area (TPSA) is 85.0 Å². The zero-order valence-electron chi connectivity index (χ0n) is 13.0. The maximum Gasteiger partial charge on any atom is 0.319 e. The molecule has 24 heavy (non-hydrogen) atoms. The van der Waals surface area contributed by atoms with Crippen molar-refractivity contribution >= 4 is 23.3 Å². The summed E-state index contributed by atoms with van der Waals surface area (Å²) in [6, 6.07) is 8.47. The van der Waals surface area contributed by atoms with Gasteiger partial charge in [0.05, 0.1) is 22.9 Å². The molecule has 0 saturated heterocycles. The van der Waals surface area contributed by atoms with Gasteiger partial charge in [-0.25, -0.2) is 9.48 Å². The number of aryl methyl sites for hydroxylation is 1. The van der Waals surface area contributed by atoms with E-state index in [0.717, 1.165) is 12.1 Å². The minimum Gasteiger partial charge on any atom is -0.359 e. The summed E-state index contributed by atoms with van der Waals surface area (Å²) in [4.78, 5) is 12.1. The van der Waals surface area contributed by atoms with Crippen LogP contribution >= 0.6 is 11.6 Å². The van der Waals surface area contributed by atoms with Crippen LogP contribution in [0.3, 0.4) is 0 Å². The van der Waals surface area contributed by atoms with Crippen LogP contribution in [-0.4, -0.2) is 21.0 Å². The number of carbonyl (C=O) groups excluding carboxylic acids is 1. The summed E-state index contributed by atoms with van der Waals surface area (Å²) in [5.41, 5.74) is 2.01. The Balaban J connectivity index is 1.69. The number of hydrogen-bond acceptors (Lipinski definition) is 4. The number of urea groups is 1. The molecule has 3 aromatic rings. The van der Waals surface area contributed by atoms with Crippen LogP contribution in [0.15, 0.2) is 47.2 Å². The van der Waals surface area contributed by atoms with Crippen LogP contribution in [0.5, 0.6) is 0 Å². The number of anilines is 1. The quantitative estimate of drug-likeness (QED) is 0.742. The zero-order chi connectivity index (χ0) is 16.9. The Morgan fingerprint density at radius 1 is 1.38 bits per heavy atom. The lowest BCUT2D eigenvalue weighted by atomic mass is 10.2. The number of hydrogen-bond donors (Lipinski definition) is 2. The molecule has 0 atom stereocenters. The smallest absolute Gasteiger partial charge is 0.319 e. The summed E-state index contributed by atoms with van der Waals surface area (Å²) in [6.07, 6.45) is 4.18. The molecule has 8 heteroatoms. The van der Waals surface area contributed by atoms with Gasteiger partial charge in [-0.05, 0) is 24.6 Å². The zero-order valence-corrected chi connectivity index (χ0v) is 13.7. The van der Waals surface area contributed by atoms with Gasteiger partial charge < -0.3 is 15.2 Å². The van der Waals surface area contributed by atoms with Crippen LogP contribution in [0.2, 0.25) is 5.02 Å². The van der Waals surface area contributed by atoms with E-state index in [9.17, 15) is 4.79 Å². The van der Waals surface area contributed by atoms with Crippen LogP contribution in [0, 0.1) is 0 Å². The van der Waals surface area contributed by atoms with Gasteiger partial charge in [-0.2, -0.15) is 5.10 Å². The first kappa shape index (κ1) is 16.1. The maximum absolute atomic E-state index is 12.1. The highest BCUT2D eigenvalue weighted by Crippen LogP contribution is 2.27. The standard InChI is InChI=1S/C16H16ClN5O2/c1-2-11-9-12(24-21-11)10-18-16(23)20-14-6-3-5-13(17)15(14)22-8-4-7-19-22/h3-9H,2,10H2,1H3,(H2,18,20,23). The fourth-order valence-corrected chi connectivity index (χ4v) is 2.45. The third-order valence-corrected chi connectivity index (χ3v) is 3.67. The highest BCUT2D eigenvalue weighted by Gasteiger charge is 2.12. The Kier molecular flexibility index (Phi) is 4.81. The number of amides is 2. The Labute approximate surface area is 143 Å². The van der Waals surface area contributed by atoms with Gasteiger partial charge in [0.1, 0.15) is 5.69 Å². The monoisotopic (exact) mass is 345 g/mol. The number of halogens is 1. The van der Waals surface area contributed by atoms with Gasteiger partial charge in [-0.3, -0.25) is 0 Å². The molecule has 2 heterocycles. The van der Waals surface area contributed by atoms with Crippen LogP contribution in [0.4, 0.5) is 10.5 Å². The summed E-state index contributed by atoms with van der Waals surface area (Å²) in [6.45, 7) is 2.23. The molecule has 1 aromatic carbocycles. The molecule has 0 bridgehead atoms. The number of nitrogens with zero attached hydrogens (tertiary/aromatic N) is 3. The number of aromatic nitrogens is 3. The van der Waals surface area contributed by atoms with Crippen molar-refractivity contribution in [3.8, 4) is 5.69 Å². The van der Waals surface area contributed by atoms with E-state index in [1.807, 2.05) is 13.0 Å². The van der Waals surface area contributed by atoms with Crippen LogP contribution in [0.25, 0.3) is 5.69 Å². The van der Waals surface area contributed by atoms with E-state index in [2.05, 4.69) is 20.9 Å². The number of para-hydroxylation sites is 1. The molecule has 124 valence electrons. The van der Waals surface area contributed by atoms with Gasteiger partial charge >= 0.3 is 6.03 Å². The average molecular weight is 346 g/mol. The van der Waals surface area contributed by atoms with Gasteiger partial charge in [-0.15, -0.1) is 0 Å². The SMILES string of the molecule is CCc1cc(CNC(=O)Nc2cccc(Cl)c2-n2cccn2)on1. The summed E-state index contributed by atoms with van der Waals surface area (Å²) >= 11 is 6.24. The number of rotatable bonds is 5. The molecular formula is C16H16ClN5O2. The molecular weight excluding hydrogens is 330 g/mol. The largest absolute Gasteiger partial charge is 0.359 e. The fourth-order valence-electron chi connectivity index (χ4n) is 2.19. The maximum atomic E-state index is 12.1. The fraction of sp³-hybridized carbons (Fsp3) is 0.188. The minimum atomic E-state index is -0.375. The van der Waals surface area contributed by atoms with Gasteiger partial charge in [-0.1, -0.05) is 29.7 Å². The Morgan fingerprint density at radius 2 is 2.25 bits per heavy atom. The first-order valence-electron chi connectivity index (χ1n) is 7.45. The molecule has 3 rings (SSSR count). The van der Waals surface area contributed by atoms with Crippen molar-refractivity contribution in [3.63, 3.8) is 0 Å². The van der Waals surface area contributed by atoms with E-state index >= 15 is 0 Å². The number of nitrogens with one attached hydrogen (secondary N) is 2. The summed E-state index contributed by atoms with van der Waals surface area (Å²) < 4.78 is 6.73. The lowest BCUT2D eigenvalue weighted by Crippen LogP contribution is -2.28. The Bertz CT molecular complexity index is 829. The molecule has 0 aliphatic carbocycles. The van der Waals surface area contributed by atoms with E-state index in [4.69, 9.17) is 16.1 Å². The second-order valence-electron chi connectivity index (χ2n) is 5.03. The lowest BCUT2D eigenvalue weighted by Gasteiger charge is -2.13. The normalized spacial score (nSPS) is 10.6. The summed E-state index contributed by atoms with van der Waals surface area (Å²) in [5.74, 6) is 0.598. The predicted molar refractivity (Wildman–Crippen MR) is 90.3 cm³/mol. The van der Waals surface area contributed by atoms with Crippen molar-refractivity contribution in [3.05, 3.63) is 59.2 Å². The number of carbonyl (C=O) groups is 1. The summed E-state index contributed by atoms with van der Waals surface area (Å²) in [7, 11) is 0. The van der Waals surface area contributed by atoms with Crippen molar-refractivity contribution in [1.29, 1.82) is 0 Å². The molecule has 7 nitrogen and oxygen atoms in total. The molecule has 2 aromatic heterocycles. The van der Waals surface area contributed by atoms with Crippen molar-refractivity contribution in [2.45, 2.75) is 19.9 Å². The van der Waals surface area contributed by atoms with Crippen molar-refractivity contribution < 1.29 is 9.32 Å². The highest BCUT2D eigenvalue weighted by atomic mass is 35.5. The van der Waals surface area contributed by atoms with E-state index in [1.165, 1.54) is 0 Å². The Hall–Kier alpha value is -2.80. The predicted octanol–water partition coefficient (Wildman–Crippen LogP) is 3.40. The minimum absolute atomic E-state index is 0.247. The van der Waals surface area contributed by atoms with Gasteiger partial charge in [0.15, 0.2) is 5.76 Å². The van der Waals surface area contributed by atoms with Crippen LogP contribution in [0.1, 0.15) is 18.4 Å².